The maximum atomic E-state index is 13.1. The van der Waals surface area contributed by atoms with Crippen molar-refractivity contribution in [3.05, 3.63) is 85.1 Å². The molecule has 0 aliphatic carbocycles. The predicted molar refractivity (Wildman–Crippen MR) is 312 cm³/mol. The van der Waals surface area contributed by atoms with Gasteiger partial charge in [-0.1, -0.05) is 241 Å². The molecule has 0 amide bonds. The Morgan fingerprint density at radius 3 is 1.34 bits per heavy atom. The average Bonchev–Trinajstić information content (AvgIpc) is 3.43. The Morgan fingerprint density at radius 2 is 0.857 bits per heavy atom. The molecule has 6 atom stereocenters. The monoisotopic (exact) mass is 1080 g/mol. The molecule has 1 rings (SSSR count). The molecule has 12 nitrogen and oxygen atoms in total. The lowest BCUT2D eigenvalue weighted by Crippen LogP contribution is -2.61. The molecule has 1 heterocycles. The number of carbonyl (C=O) groups excluding carboxylic acids is 3. The minimum atomic E-state index is -1.92. The number of rotatable bonds is 51. The molecule has 77 heavy (non-hydrogen) atoms. The van der Waals surface area contributed by atoms with E-state index in [4.69, 9.17) is 23.7 Å². The molecular formula is C65H108O12. The molecule has 1 aliphatic heterocycles. The molecule has 1 aliphatic rings. The van der Waals surface area contributed by atoms with E-state index in [0.29, 0.717) is 19.3 Å². The number of esters is 3. The zero-order chi connectivity index (χ0) is 56.1. The van der Waals surface area contributed by atoms with E-state index < -0.39 is 67.3 Å². The van der Waals surface area contributed by atoms with Gasteiger partial charge < -0.3 is 39.0 Å². The maximum absolute atomic E-state index is 13.1. The van der Waals surface area contributed by atoms with Crippen molar-refractivity contribution in [2.24, 2.45) is 0 Å². The third kappa shape index (κ3) is 42.5. The highest BCUT2D eigenvalue weighted by Gasteiger charge is 2.50. The van der Waals surface area contributed by atoms with Gasteiger partial charge in [0.15, 0.2) is 24.6 Å². The number of unbranched alkanes of at least 4 members (excludes halogenated alkanes) is 24. The van der Waals surface area contributed by atoms with Crippen LogP contribution in [0.5, 0.6) is 0 Å². The first-order valence-electron chi connectivity index (χ1n) is 30.6. The lowest BCUT2D eigenvalue weighted by Gasteiger charge is -2.40. The fraction of sp³-hybridized carbons (Fsp3) is 0.723. The molecule has 0 saturated carbocycles. The summed E-state index contributed by atoms with van der Waals surface area (Å²) in [6.45, 7) is 5.77. The molecule has 0 bridgehead atoms. The Balaban J connectivity index is 2.73. The van der Waals surface area contributed by atoms with Crippen LogP contribution < -0.4 is 0 Å². The molecule has 0 aromatic rings. The minimum absolute atomic E-state index is 0.0498. The molecule has 6 unspecified atom stereocenters. The summed E-state index contributed by atoms with van der Waals surface area (Å²) in [4.78, 5) is 51.1. The number of aliphatic hydroxyl groups is 2. The van der Waals surface area contributed by atoms with Gasteiger partial charge in [-0.2, -0.15) is 0 Å². The summed E-state index contributed by atoms with van der Waals surface area (Å²) in [5.74, 6) is -3.29. The Morgan fingerprint density at radius 1 is 0.455 bits per heavy atom. The SMILES string of the molecule is CC/C=C\C/C=C\C/C=C\C/C=C\C/C=C\CC(=O)OC(COC(=O)CCCCCCCCC/C=C\C/C=C\CCCCC)COC1OC(C(=O)O)C(O)C(O)C1OC(=O)CCCCCCCCCCCCCCCCC. The van der Waals surface area contributed by atoms with Crippen LogP contribution in [-0.2, 0) is 42.9 Å². The Kier molecular flexibility index (Phi) is 48.4. The normalized spacial score (nSPS) is 18.6. The number of ether oxygens (including phenoxy) is 5. The van der Waals surface area contributed by atoms with Crippen molar-refractivity contribution in [3.63, 3.8) is 0 Å². The first kappa shape index (κ1) is 70.9. The molecule has 1 fully saturated rings. The highest BCUT2D eigenvalue weighted by atomic mass is 16.7. The first-order valence-corrected chi connectivity index (χ1v) is 30.6. The quantitative estimate of drug-likeness (QED) is 0.0228. The second kappa shape index (κ2) is 52.6. The summed E-state index contributed by atoms with van der Waals surface area (Å²) in [6, 6.07) is 0. The van der Waals surface area contributed by atoms with E-state index >= 15 is 0 Å². The number of carbonyl (C=O) groups is 4. The van der Waals surface area contributed by atoms with Crippen molar-refractivity contribution >= 4 is 23.9 Å². The van der Waals surface area contributed by atoms with Gasteiger partial charge in [0, 0.05) is 12.8 Å². The highest BCUT2D eigenvalue weighted by molar-refractivity contribution is 5.74. The fourth-order valence-electron chi connectivity index (χ4n) is 8.83. The van der Waals surface area contributed by atoms with Gasteiger partial charge in [-0.3, -0.25) is 14.4 Å². The minimum Gasteiger partial charge on any atom is -0.479 e. The van der Waals surface area contributed by atoms with Gasteiger partial charge >= 0.3 is 23.9 Å². The van der Waals surface area contributed by atoms with E-state index in [1.165, 1.54) is 103 Å². The van der Waals surface area contributed by atoms with E-state index in [2.05, 4.69) is 87.6 Å². The van der Waals surface area contributed by atoms with Crippen LogP contribution in [0.15, 0.2) is 85.1 Å². The molecule has 0 aromatic heterocycles. The lowest BCUT2D eigenvalue weighted by molar-refractivity contribution is -0.301. The van der Waals surface area contributed by atoms with E-state index in [9.17, 15) is 34.5 Å². The van der Waals surface area contributed by atoms with Crippen molar-refractivity contribution < 1.29 is 58.2 Å². The largest absolute Gasteiger partial charge is 0.479 e. The molecule has 440 valence electrons. The summed E-state index contributed by atoms with van der Waals surface area (Å²) in [7, 11) is 0. The lowest BCUT2D eigenvalue weighted by atomic mass is 9.98. The van der Waals surface area contributed by atoms with Gasteiger partial charge in [0.25, 0.3) is 0 Å². The number of hydrogen-bond acceptors (Lipinski definition) is 11. The van der Waals surface area contributed by atoms with E-state index in [1.54, 1.807) is 6.08 Å². The Hall–Kier alpha value is -4.10. The van der Waals surface area contributed by atoms with Crippen LogP contribution >= 0.6 is 0 Å². The fourth-order valence-corrected chi connectivity index (χ4v) is 8.83. The van der Waals surface area contributed by atoms with Crippen LogP contribution in [0.25, 0.3) is 0 Å². The number of carboxylic acids is 1. The van der Waals surface area contributed by atoms with Gasteiger partial charge in [-0.25, -0.2) is 4.79 Å². The van der Waals surface area contributed by atoms with E-state index in [1.807, 2.05) is 12.2 Å². The number of aliphatic carboxylic acids is 1. The van der Waals surface area contributed by atoms with Crippen LogP contribution in [0.3, 0.4) is 0 Å². The molecule has 1 saturated heterocycles. The number of hydrogen-bond donors (Lipinski definition) is 3. The smallest absolute Gasteiger partial charge is 0.335 e. The number of aliphatic hydroxyl groups excluding tert-OH is 2. The first-order chi connectivity index (χ1) is 37.6. The topological polar surface area (TPSA) is 175 Å². The summed E-state index contributed by atoms with van der Waals surface area (Å²) >= 11 is 0. The second-order valence-corrected chi connectivity index (χ2v) is 20.6. The third-order valence-corrected chi connectivity index (χ3v) is 13.5. The Labute approximate surface area is 467 Å². The van der Waals surface area contributed by atoms with Crippen molar-refractivity contribution in [1.29, 1.82) is 0 Å². The van der Waals surface area contributed by atoms with Crippen LogP contribution in [-0.4, -0.2) is 89.2 Å². The standard InChI is InChI=1S/C65H108O12/c1-4-7-10-13-16-19-22-25-28-29-32-33-36-39-42-45-48-51-57(66)73-54-56(75-58(67)52-49-46-43-40-37-34-30-26-23-20-17-14-11-8-5-2)55-74-65-63(61(70)60(69)62(77-65)64(71)72)76-59(68)53-50-47-44-41-38-35-31-27-24-21-18-15-12-9-6-3/h8,11,16-17,19-20,25-26,28,30,37,40,46,49,56,60-63,65,69-70H,4-7,9-10,12-15,18,21-24,27,29,31-36,38-39,41-45,47-48,50-55H2,1-3H3,(H,71,72)/b11-8-,19-16-,20-17-,28-25-,30-26-,40-37-,49-46-. The van der Waals surface area contributed by atoms with Gasteiger partial charge in [-0.15, -0.1) is 0 Å². The summed E-state index contributed by atoms with van der Waals surface area (Å²) in [6.07, 6.45) is 55.7. The summed E-state index contributed by atoms with van der Waals surface area (Å²) in [5, 5.41) is 31.5. The zero-order valence-corrected chi connectivity index (χ0v) is 48.4. The third-order valence-electron chi connectivity index (χ3n) is 13.5. The van der Waals surface area contributed by atoms with E-state index in [0.717, 1.165) is 89.9 Å². The van der Waals surface area contributed by atoms with Crippen molar-refractivity contribution in [1.82, 2.24) is 0 Å². The van der Waals surface area contributed by atoms with Crippen LogP contribution in [0.2, 0.25) is 0 Å². The van der Waals surface area contributed by atoms with E-state index in [-0.39, 0.29) is 25.9 Å². The average molecular weight is 1080 g/mol. The van der Waals surface area contributed by atoms with Crippen molar-refractivity contribution in [2.45, 2.75) is 289 Å². The molecular weight excluding hydrogens is 973 g/mol. The van der Waals surface area contributed by atoms with Crippen molar-refractivity contribution in [2.75, 3.05) is 13.2 Å². The Bertz CT molecular complexity index is 1660. The van der Waals surface area contributed by atoms with Gasteiger partial charge in [0.1, 0.15) is 18.8 Å². The van der Waals surface area contributed by atoms with Gasteiger partial charge in [-0.05, 0) is 77.0 Å². The zero-order valence-electron chi connectivity index (χ0n) is 48.4. The molecule has 0 radical (unpaired) electrons. The molecule has 0 spiro atoms. The highest BCUT2D eigenvalue weighted by Crippen LogP contribution is 2.26. The maximum Gasteiger partial charge on any atom is 0.335 e. The number of carboxylic acid groups (broad SMARTS) is 1. The predicted octanol–water partition coefficient (Wildman–Crippen LogP) is 15.9. The molecule has 0 aromatic carbocycles. The van der Waals surface area contributed by atoms with Gasteiger partial charge in [0.2, 0.25) is 0 Å². The van der Waals surface area contributed by atoms with Crippen LogP contribution in [0.1, 0.15) is 252 Å². The van der Waals surface area contributed by atoms with Crippen LogP contribution in [0.4, 0.5) is 0 Å². The van der Waals surface area contributed by atoms with Crippen molar-refractivity contribution in [3.8, 4) is 0 Å². The molecule has 12 heteroatoms. The summed E-state index contributed by atoms with van der Waals surface area (Å²) in [5.41, 5.74) is 0. The van der Waals surface area contributed by atoms with Crippen LogP contribution in [0, 0.1) is 0 Å². The number of allylic oxidation sites excluding steroid dienone is 13. The molecule has 3 N–H and O–H groups in total. The second-order valence-electron chi connectivity index (χ2n) is 20.6. The van der Waals surface area contributed by atoms with Gasteiger partial charge in [0.05, 0.1) is 13.0 Å². The summed E-state index contributed by atoms with van der Waals surface area (Å²) < 4.78 is 28.3.